The summed E-state index contributed by atoms with van der Waals surface area (Å²) >= 11 is 11.8. The number of halogens is 2. The zero-order chi connectivity index (χ0) is 14.1. The van der Waals surface area contributed by atoms with E-state index in [1.165, 1.54) is 12.8 Å². The second-order valence-electron chi connectivity index (χ2n) is 5.86. The molecule has 0 radical (unpaired) electrons. The Hall–Kier alpha value is -0.770. The molecule has 0 aliphatic carbocycles. The lowest BCUT2D eigenvalue weighted by Gasteiger charge is -2.28. The number of nitrogens with one attached hydrogen (secondary N) is 2. The second kappa shape index (κ2) is 5.92. The van der Waals surface area contributed by atoms with Gasteiger partial charge in [0.25, 0.3) is 0 Å². The molecule has 2 heterocycles. The van der Waals surface area contributed by atoms with Crippen LogP contribution in [0.5, 0.6) is 0 Å². The average Bonchev–Trinajstić information content (AvgIpc) is 2.73. The summed E-state index contributed by atoms with van der Waals surface area (Å²) in [5.41, 5.74) is 0.710. The highest BCUT2D eigenvalue weighted by atomic mass is 35.5. The van der Waals surface area contributed by atoms with Crippen LogP contribution in [0.15, 0.2) is 18.2 Å². The fraction of sp³-hybridized carbons (Fsp3) is 0.533. The van der Waals surface area contributed by atoms with Gasteiger partial charge in [0.2, 0.25) is 5.91 Å². The van der Waals surface area contributed by atoms with E-state index in [1.807, 2.05) is 0 Å². The minimum absolute atomic E-state index is 0.0645. The Morgan fingerprint density at radius 2 is 1.90 bits per heavy atom. The summed E-state index contributed by atoms with van der Waals surface area (Å²) in [7, 11) is 0. The van der Waals surface area contributed by atoms with Gasteiger partial charge in [0.1, 0.15) is 0 Å². The summed E-state index contributed by atoms with van der Waals surface area (Å²) in [5, 5.41) is 7.46. The topological polar surface area (TPSA) is 41.1 Å². The van der Waals surface area contributed by atoms with Crippen LogP contribution in [-0.4, -0.2) is 18.0 Å². The number of carbonyl (C=O) groups is 1. The van der Waals surface area contributed by atoms with E-state index in [4.69, 9.17) is 23.2 Å². The highest BCUT2D eigenvalue weighted by Gasteiger charge is 2.34. The molecule has 108 valence electrons. The van der Waals surface area contributed by atoms with Crippen LogP contribution in [0.3, 0.4) is 0 Å². The number of benzene rings is 1. The lowest BCUT2D eigenvalue weighted by atomic mass is 9.89. The molecule has 1 aromatic carbocycles. The van der Waals surface area contributed by atoms with Crippen molar-refractivity contribution < 1.29 is 4.79 Å². The van der Waals surface area contributed by atoms with Crippen LogP contribution in [0.4, 0.5) is 5.69 Å². The summed E-state index contributed by atoms with van der Waals surface area (Å²) in [6.07, 6.45) is 5.34. The van der Waals surface area contributed by atoms with E-state index in [-0.39, 0.29) is 5.91 Å². The van der Waals surface area contributed by atoms with Gasteiger partial charge in [-0.25, -0.2) is 0 Å². The summed E-state index contributed by atoms with van der Waals surface area (Å²) in [6, 6.07) is 6.41. The average molecular weight is 313 g/mol. The normalized spacial score (nSPS) is 28.4. The van der Waals surface area contributed by atoms with Crippen molar-refractivity contribution in [1.82, 2.24) is 5.32 Å². The number of piperidine rings is 1. The smallest absolute Gasteiger partial charge is 0.224 e. The van der Waals surface area contributed by atoms with Crippen LogP contribution in [-0.2, 0) is 4.79 Å². The van der Waals surface area contributed by atoms with E-state index >= 15 is 0 Å². The van der Waals surface area contributed by atoms with Gasteiger partial charge in [-0.05, 0) is 49.8 Å². The molecular weight excluding hydrogens is 295 g/mol. The number of fused-ring (bicyclic) bond motifs is 2. The molecular formula is C15H18Cl2N2O. The molecule has 2 saturated heterocycles. The van der Waals surface area contributed by atoms with Gasteiger partial charge in [-0.2, -0.15) is 0 Å². The molecule has 2 N–H and O–H groups in total. The monoisotopic (exact) mass is 312 g/mol. The quantitative estimate of drug-likeness (QED) is 0.890. The van der Waals surface area contributed by atoms with Gasteiger partial charge in [-0.1, -0.05) is 23.2 Å². The number of anilines is 1. The Morgan fingerprint density at radius 1 is 1.20 bits per heavy atom. The number of rotatable bonds is 3. The maximum atomic E-state index is 12.1. The minimum Gasteiger partial charge on any atom is -0.326 e. The molecule has 2 bridgehead atoms. The number of carbonyl (C=O) groups excluding carboxylic acids is 1. The van der Waals surface area contributed by atoms with Crippen molar-refractivity contribution in [3.05, 3.63) is 28.2 Å². The number of hydrogen-bond donors (Lipinski definition) is 2. The van der Waals surface area contributed by atoms with Crippen molar-refractivity contribution in [3.8, 4) is 0 Å². The molecule has 5 heteroatoms. The number of amides is 1. The summed E-state index contributed by atoms with van der Waals surface area (Å²) in [6.45, 7) is 0. The fourth-order valence-electron chi connectivity index (χ4n) is 3.39. The standard InChI is InChI=1S/C15H18Cl2N2O/c16-13-4-3-12(8-14(13)17)19-15(20)7-9-5-10-1-2-11(6-9)18-10/h3-4,8-11,18H,1-2,5-7H2,(H,19,20). The molecule has 0 saturated carbocycles. The van der Waals surface area contributed by atoms with Gasteiger partial charge in [0, 0.05) is 24.2 Å². The van der Waals surface area contributed by atoms with Crippen LogP contribution in [0, 0.1) is 5.92 Å². The predicted octanol–water partition coefficient (Wildman–Crippen LogP) is 3.85. The first-order chi connectivity index (χ1) is 9.60. The van der Waals surface area contributed by atoms with E-state index in [2.05, 4.69) is 10.6 Å². The molecule has 2 fully saturated rings. The molecule has 20 heavy (non-hydrogen) atoms. The molecule has 1 amide bonds. The third-order valence-electron chi connectivity index (χ3n) is 4.25. The molecule has 3 nitrogen and oxygen atoms in total. The molecule has 1 aromatic rings. The zero-order valence-corrected chi connectivity index (χ0v) is 12.7. The van der Waals surface area contributed by atoms with Gasteiger partial charge in [0.15, 0.2) is 0 Å². The number of hydrogen-bond acceptors (Lipinski definition) is 2. The van der Waals surface area contributed by atoms with Crippen LogP contribution < -0.4 is 10.6 Å². The van der Waals surface area contributed by atoms with Gasteiger partial charge in [0.05, 0.1) is 10.0 Å². The van der Waals surface area contributed by atoms with Gasteiger partial charge in [-0.15, -0.1) is 0 Å². The maximum absolute atomic E-state index is 12.1. The van der Waals surface area contributed by atoms with Crippen molar-refractivity contribution in [3.63, 3.8) is 0 Å². The van der Waals surface area contributed by atoms with Crippen LogP contribution in [0.1, 0.15) is 32.1 Å². The Labute approximate surface area is 129 Å². The Bertz CT molecular complexity index is 509. The van der Waals surface area contributed by atoms with Gasteiger partial charge >= 0.3 is 0 Å². The van der Waals surface area contributed by atoms with E-state index in [0.717, 1.165) is 12.8 Å². The van der Waals surface area contributed by atoms with Crippen LogP contribution >= 0.6 is 23.2 Å². The predicted molar refractivity (Wildman–Crippen MR) is 82.4 cm³/mol. The molecule has 0 spiro atoms. The zero-order valence-electron chi connectivity index (χ0n) is 11.2. The molecule has 0 aromatic heterocycles. The highest BCUT2D eigenvalue weighted by molar-refractivity contribution is 6.42. The fourth-order valence-corrected chi connectivity index (χ4v) is 3.69. The first-order valence-corrected chi connectivity index (χ1v) is 7.86. The lowest BCUT2D eigenvalue weighted by molar-refractivity contribution is -0.117. The minimum atomic E-state index is 0.0645. The summed E-state index contributed by atoms with van der Waals surface area (Å²) in [5.74, 6) is 0.561. The van der Waals surface area contributed by atoms with Crippen molar-refractivity contribution >= 4 is 34.8 Å². The van der Waals surface area contributed by atoms with Gasteiger partial charge in [-0.3, -0.25) is 4.79 Å². The Balaban J connectivity index is 1.55. The third-order valence-corrected chi connectivity index (χ3v) is 4.99. The molecule has 2 unspecified atom stereocenters. The first kappa shape index (κ1) is 14.2. The largest absolute Gasteiger partial charge is 0.326 e. The second-order valence-corrected chi connectivity index (χ2v) is 6.67. The summed E-state index contributed by atoms with van der Waals surface area (Å²) in [4.78, 5) is 12.1. The molecule has 2 atom stereocenters. The maximum Gasteiger partial charge on any atom is 0.224 e. The van der Waals surface area contributed by atoms with E-state index in [1.54, 1.807) is 18.2 Å². The van der Waals surface area contributed by atoms with Crippen molar-refractivity contribution in [1.29, 1.82) is 0 Å². The van der Waals surface area contributed by atoms with E-state index in [0.29, 0.717) is 40.2 Å². The Morgan fingerprint density at radius 3 is 2.55 bits per heavy atom. The van der Waals surface area contributed by atoms with Crippen molar-refractivity contribution in [2.24, 2.45) is 5.92 Å². The lowest BCUT2D eigenvalue weighted by Crippen LogP contribution is -2.39. The van der Waals surface area contributed by atoms with Gasteiger partial charge < -0.3 is 10.6 Å². The molecule has 2 aliphatic rings. The van der Waals surface area contributed by atoms with Crippen molar-refractivity contribution in [2.75, 3.05) is 5.32 Å². The van der Waals surface area contributed by atoms with E-state index < -0.39 is 0 Å². The molecule has 3 rings (SSSR count). The summed E-state index contributed by atoms with van der Waals surface area (Å²) < 4.78 is 0. The first-order valence-electron chi connectivity index (χ1n) is 7.11. The highest BCUT2D eigenvalue weighted by Crippen LogP contribution is 2.33. The SMILES string of the molecule is O=C(CC1CC2CCC(C1)N2)Nc1ccc(Cl)c(Cl)c1. The molecule has 2 aliphatic heterocycles. The third kappa shape index (κ3) is 3.27. The van der Waals surface area contributed by atoms with E-state index in [9.17, 15) is 4.79 Å². The van der Waals surface area contributed by atoms with Crippen LogP contribution in [0.2, 0.25) is 10.0 Å². The van der Waals surface area contributed by atoms with Crippen LogP contribution in [0.25, 0.3) is 0 Å². The van der Waals surface area contributed by atoms with Crippen molar-refractivity contribution in [2.45, 2.75) is 44.2 Å². The Kier molecular flexibility index (Phi) is 4.20.